The molecule has 0 bridgehead atoms. The number of thiophene rings is 2. The van der Waals surface area contributed by atoms with Gasteiger partial charge in [-0.3, -0.25) is 14.2 Å². The van der Waals surface area contributed by atoms with Crippen LogP contribution in [0.4, 0.5) is 0 Å². The molecule has 132 valence electrons. The Morgan fingerprint density at radius 2 is 2.08 bits per heavy atom. The molecular formula is C18H20N2O2S3. The zero-order valence-corrected chi connectivity index (χ0v) is 17.1. The molecular weight excluding hydrogens is 372 g/mol. The molecule has 3 aromatic heterocycles. The molecule has 3 heterocycles. The number of nitrogens with zero attached hydrogens (tertiary/aromatic N) is 2. The van der Waals surface area contributed by atoms with Gasteiger partial charge >= 0.3 is 0 Å². The third-order valence-corrected chi connectivity index (χ3v) is 6.68. The van der Waals surface area contributed by atoms with Gasteiger partial charge in [0.25, 0.3) is 5.56 Å². The molecule has 0 amide bonds. The standard InChI is InChI=1S/C18H20N2O2S3/c1-5-20-16(22)14-11(12-7-6-8-23-12)9-24-15(14)19-17(20)25-10-13(21)18(2,3)4/h6-9H,5,10H2,1-4H3. The van der Waals surface area contributed by atoms with Crippen molar-refractivity contribution < 1.29 is 4.79 Å². The summed E-state index contributed by atoms with van der Waals surface area (Å²) in [6, 6.07) is 4.00. The first-order valence-corrected chi connectivity index (χ1v) is 10.8. The molecule has 0 aliphatic carbocycles. The maximum absolute atomic E-state index is 13.0. The number of carbonyl (C=O) groups excluding carboxylic acids is 1. The zero-order chi connectivity index (χ0) is 18.2. The van der Waals surface area contributed by atoms with E-state index < -0.39 is 0 Å². The summed E-state index contributed by atoms with van der Waals surface area (Å²) in [5, 5.41) is 5.31. The van der Waals surface area contributed by atoms with E-state index >= 15 is 0 Å². The summed E-state index contributed by atoms with van der Waals surface area (Å²) in [6.07, 6.45) is 0. The SMILES string of the molecule is CCn1c(SCC(=O)C(C)(C)C)nc2scc(-c3cccs3)c2c1=O. The molecule has 3 aromatic rings. The Kier molecular flexibility index (Phi) is 5.18. The van der Waals surface area contributed by atoms with E-state index in [0.29, 0.717) is 22.8 Å². The van der Waals surface area contributed by atoms with Gasteiger partial charge in [0.2, 0.25) is 0 Å². The van der Waals surface area contributed by atoms with Crippen molar-refractivity contribution in [3.8, 4) is 10.4 Å². The molecule has 25 heavy (non-hydrogen) atoms. The Balaban J connectivity index is 2.04. The molecule has 0 atom stereocenters. The van der Waals surface area contributed by atoms with Crippen LogP contribution >= 0.6 is 34.4 Å². The maximum atomic E-state index is 13.0. The van der Waals surface area contributed by atoms with Crippen LogP contribution in [0.1, 0.15) is 27.7 Å². The number of thioether (sulfide) groups is 1. The smallest absolute Gasteiger partial charge is 0.263 e. The highest BCUT2D eigenvalue weighted by molar-refractivity contribution is 7.99. The highest BCUT2D eigenvalue weighted by Crippen LogP contribution is 2.34. The van der Waals surface area contributed by atoms with Gasteiger partial charge in [0.1, 0.15) is 10.6 Å². The number of fused-ring (bicyclic) bond motifs is 1. The van der Waals surface area contributed by atoms with E-state index in [2.05, 4.69) is 4.98 Å². The summed E-state index contributed by atoms with van der Waals surface area (Å²) in [6.45, 7) is 8.19. The number of ketones is 1. The Morgan fingerprint density at radius 3 is 2.68 bits per heavy atom. The first-order valence-electron chi connectivity index (χ1n) is 8.05. The molecule has 0 aliphatic rings. The van der Waals surface area contributed by atoms with E-state index in [1.165, 1.54) is 23.1 Å². The quantitative estimate of drug-likeness (QED) is 0.457. The van der Waals surface area contributed by atoms with Crippen LogP contribution in [-0.4, -0.2) is 21.1 Å². The third kappa shape index (κ3) is 3.59. The van der Waals surface area contributed by atoms with Gasteiger partial charge in [-0.2, -0.15) is 0 Å². The molecule has 3 rings (SSSR count). The fraction of sp³-hybridized carbons (Fsp3) is 0.389. The molecule has 0 N–H and O–H groups in total. The van der Waals surface area contributed by atoms with Gasteiger partial charge in [0.05, 0.1) is 11.1 Å². The predicted octanol–water partition coefficient (Wildman–Crippen LogP) is 4.91. The van der Waals surface area contributed by atoms with Crippen LogP contribution in [0.5, 0.6) is 0 Å². The van der Waals surface area contributed by atoms with E-state index in [9.17, 15) is 9.59 Å². The molecule has 0 radical (unpaired) electrons. The van der Waals surface area contributed by atoms with E-state index in [1.807, 2.05) is 50.6 Å². The first kappa shape index (κ1) is 18.4. The van der Waals surface area contributed by atoms with Crippen LogP contribution in [0.25, 0.3) is 20.7 Å². The summed E-state index contributed by atoms with van der Waals surface area (Å²) in [4.78, 5) is 31.8. The van der Waals surface area contributed by atoms with Crippen LogP contribution in [0.2, 0.25) is 0 Å². The second-order valence-corrected chi connectivity index (χ2v) is 9.46. The van der Waals surface area contributed by atoms with Crippen LogP contribution in [0.3, 0.4) is 0 Å². The third-order valence-electron chi connectivity index (χ3n) is 3.93. The molecule has 7 heteroatoms. The second kappa shape index (κ2) is 7.05. The van der Waals surface area contributed by atoms with Crippen LogP contribution in [0.15, 0.2) is 32.8 Å². The highest BCUT2D eigenvalue weighted by atomic mass is 32.2. The van der Waals surface area contributed by atoms with Crippen molar-refractivity contribution in [3.63, 3.8) is 0 Å². The Hall–Kier alpha value is -1.44. The van der Waals surface area contributed by atoms with Crippen molar-refractivity contribution in [2.24, 2.45) is 5.41 Å². The van der Waals surface area contributed by atoms with Crippen LogP contribution in [0, 0.1) is 5.41 Å². The number of rotatable bonds is 5. The van der Waals surface area contributed by atoms with E-state index in [0.717, 1.165) is 15.3 Å². The molecule has 0 aliphatic heterocycles. The molecule has 0 saturated heterocycles. The van der Waals surface area contributed by atoms with Crippen LogP contribution < -0.4 is 5.56 Å². The summed E-state index contributed by atoms with van der Waals surface area (Å²) in [5.74, 6) is 0.477. The van der Waals surface area contributed by atoms with Crippen molar-refractivity contribution in [2.75, 3.05) is 5.75 Å². The lowest BCUT2D eigenvalue weighted by Gasteiger charge is -2.16. The van der Waals surface area contributed by atoms with Gasteiger partial charge in [-0.25, -0.2) is 4.98 Å². The van der Waals surface area contributed by atoms with Gasteiger partial charge in [0, 0.05) is 27.8 Å². The Labute approximate surface area is 158 Å². The van der Waals surface area contributed by atoms with Crippen LogP contribution in [-0.2, 0) is 11.3 Å². The summed E-state index contributed by atoms with van der Waals surface area (Å²) in [7, 11) is 0. The molecule has 0 aromatic carbocycles. The van der Waals surface area contributed by atoms with Crippen molar-refractivity contribution in [1.29, 1.82) is 0 Å². The van der Waals surface area contributed by atoms with E-state index in [1.54, 1.807) is 15.9 Å². The molecule has 0 fully saturated rings. The molecule has 0 unspecified atom stereocenters. The van der Waals surface area contributed by atoms with Gasteiger partial charge in [0.15, 0.2) is 5.16 Å². The average Bonchev–Trinajstić information content (AvgIpc) is 3.20. The Morgan fingerprint density at radius 1 is 1.32 bits per heavy atom. The molecule has 0 saturated carbocycles. The number of hydrogen-bond acceptors (Lipinski definition) is 6. The van der Waals surface area contributed by atoms with Gasteiger partial charge in [-0.1, -0.05) is 38.6 Å². The molecule has 0 spiro atoms. The fourth-order valence-corrected chi connectivity index (χ4v) is 5.38. The lowest BCUT2D eigenvalue weighted by Crippen LogP contribution is -2.25. The zero-order valence-electron chi connectivity index (χ0n) is 14.7. The summed E-state index contributed by atoms with van der Waals surface area (Å²) >= 11 is 4.46. The predicted molar refractivity (Wildman–Crippen MR) is 108 cm³/mol. The summed E-state index contributed by atoms with van der Waals surface area (Å²) in [5.41, 5.74) is 0.545. The fourth-order valence-electron chi connectivity index (χ4n) is 2.35. The topological polar surface area (TPSA) is 52.0 Å². The normalized spacial score (nSPS) is 12.0. The number of Topliss-reactive ketones (excluding diaryl/α,β-unsaturated/α-hetero) is 1. The van der Waals surface area contributed by atoms with Gasteiger partial charge in [-0.05, 0) is 18.4 Å². The monoisotopic (exact) mass is 392 g/mol. The van der Waals surface area contributed by atoms with Crippen molar-refractivity contribution >= 4 is 50.4 Å². The van der Waals surface area contributed by atoms with Gasteiger partial charge < -0.3 is 0 Å². The number of aromatic nitrogens is 2. The van der Waals surface area contributed by atoms with E-state index in [-0.39, 0.29) is 16.8 Å². The van der Waals surface area contributed by atoms with Crippen molar-refractivity contribution in [1.82, 2.24) is 9.55 Å². The number of hydrogen-bond donors (Lipinski definition) is 0. The van der Waals surface area contributed by atoms with Gasteiger partial charge in [-0.15, -0.1) is 22.7 Å². The maximum Gasteiger partial charge on any atom is 0.263 e. The van der Waals surface area contributed by atoms with Crippen molar-refractivity contribution in [3.05, 3.63) is 33.2 Å². The second-order valence-electron chi connectivity index (χ2n) is 6.71. The minimum absolute atomic E-state index is 0.0251. The van der Waals surface area contributed by atoms with Crippen molar-refractivity contribution in [2.45, 2.75) is 39.4 Å². The minimum Gasteiger partial charge on any atom is -0.298 e. The summed E-state index contributed by atoms with van der Waals surface area (Å²) < 4.78 is 1.67. The largest absolute Gasteiger partial charge is 0.298 e. The number of carbonyl (C=O) groups is 1. The molecule has 4 nitrogen and oxygen atoms in total. The lowest BCUT2D eigenvalue weighted by atomic mass is 9.92. The highest BCUT2D eigenvalue weighted by Gasteiger charge is 2.23. The lowest BCUT2D eigenvalue weighted by molar-refractivity contribution is -0.123. The first-order chi connectivity index (χ1) is 11.8. The Bertz CT molecular complexity index is 963. The van der Waals surface area contributed by atoms with E-state index in [4.69, 9.17) is 0 Å². The average molecular weight is 393 g/mol. The minimum atomic E-state index is -0.385.